The highest BCUT2D eigenvalue weighted by Gasteiger charge is 2.09. The molecule has 114 valence electrons. The van der Waals surface area contributed by atoms with Crippen molar-refractivity contribution in [3.63, 3.8) is 0 Å². The largest absolute Gasteiger partial charge is 0.508 e. The second-order valence-electron chi connectivity index (χ2n) is 4.33. The summed E-state index contributed by atoms with van der Waals surface area (Å²) in [5, 5.41) is 32.0. The van der Waals surface area contributed by atoms with Crippen molar-refractivity contribution >= 4 is 12.1 Å². The van der Waals surface area contributed by atoms with Gasteiger partial charge in [0, 0.05) is 11.1 Å². The molecule has 7 nitrogen and oxygen atoms in total. The number of carbonyl (C=O) groups excluding carboxylic acids is 1. The predicted molar refractivity (Wildman–Crippen MR) is 79.5 cm³/mol. The number of ether oxygens (including phenoxy) is 1. The Hall–Kier alpha value is -3.22. The first-order valence-corrected chi connectivity index (χ1v) is 6.23. The molecule has 0 atom stereocenters. The standard InChI is InChI=1S/C15H14N2O5/c1-22-14-7-9(2-4-13(14)20)15(21)17-16-8-10-6-11(18)3-5-12(10)19/h2-8,18-20H,1H3,(H,17,21)/b16-8+. The molecular formula is C15H14N2O5. The summed E-state index contributed by atoms with van der Waals surface area (Å²) in [6, 6.07) is 8.05. The van der Waals surface area contributed by atoms with Crippen LogP contribution in [0.3, 0.4) is 0 Å². The van der Waals surface area contributed by atoms with Gasteiger partial charge in [0.15, 0.2) is 11.5 Å². The van der Waals surface area contributed by atoms with Crippen LogP contribution in [0.1, 0.15) is 15.9 Å². The van der Waals surface area contributed by atoms with Gasteiger partial charge in [-0.15, -0.1) is 0 Å². The van der Waals surface area contributed by atoms with E-state index >= 15 is 0 Å². The number of methoxy groups -OCH3 is 1. The molecule has 2 aromatic carbocycles. The molecule has 2 aromatic rings. The molecule has 0 bridgehead atoms. The minimum Gasteiger partial charge on any atom is -0.508 e. The van der Waals surface area contributed by atoms with E-state index in [1.807, 2.05) is 0 Å². The fourth-order valence-corrected chi connectivity index (χ4v) is 1.69. The Morgan fingerprint density at radius 3 is 2.59 bits per heavy atom. The van der Waals surface area contributed by atoms with Gasteiger partial charge in [0.2, 0.25) is 0 Å². The maximum atomic E-state index is 11.9. The van der Waals surface area contributed by atoms with Crippen LogP contribution in [-0.2, 0) is 0 Å². The van der Waals surface area contributed by atoms with Gasteiger partial charge in [-0.3, -0.25) is 4.79 Å². The van der Waals surface area contributed by atoms with Gasteiger partial charge in [0.05, 0.1) is 13.3 Å². The van der Waals surface area contributed by atoms with Crippen molar-refractivity contribution < 1.29 is 24.9 Å². The highest BCUT2D eigenvalue weighted by Crippen LogP contribution is 2.26. The van der Waals surface area contributed by atoms with Gasteiger partial charge in [-0.25, -0.2) is 5.43 Å². The molecule has 2 rings (SSSR count). The quantitative estimate of drug-likeness (QED) is 0.389. The molecule has 0 saturated carbocycles. The first-order valence-electron chi connectivity index (χ1n) is 6.23. The van der Waals surface area contributed by atoms with Crippen LogP contribution in [0.15, 0.2) is 41.5 Å². The SMILES string of the molecule is COc1cc(C(=O)N/N=C/c2cc(O)ccc2O)ccc1O. The maximum absolute atomic E-state index is 11.9. The first-order chi connectivity index (χ1) is 10.5. The third-order valence-electron chi connectivity index (χ3n) is 2.82. The summed E-state index contributed by atoms with van der Waals surface area (Å²) in [5.74, 6) is -0.542. The predicted octanol–water partition coefficient (Wildman–Crippen LogP) is 1.58. The number of carbonyl (C=O) groups is 1. The van der Waals surface area contributed by atoms with Crippen LogP contribution in [0.5, 0.6) is 23.0 Å². The zero-order chi connectivity index (χ0) is 16.1. The van der Waals surface area contributed by atoms with Crippen LogP contribution in [0.2, 0.25) is 0 Å². The lowest BCUT2D eigenvalue weighted by atomic mass is 10.2. The highest BCUT2D eigenvalue weighted by atomic mass is 16.5. The Morgan fingerprint density at radius 2 is 1.86 bits per heavy atom. The van der Waals surface area contributed by atoms with Gasteiger partial charge in [0.1, 0.15) is 11.5 Å². The van der Waals surface area contributed by atoms with E-state index in [4.69, 9.17) is 4.74 Å². The van der Waals surface area contributed by atoms with Crippen LogP contribution in [0.25, 0.3) is 0 Å². The third-order valence-corrected chi connectivity index (χ3v) is 2.82. The zero-order valence-electron chi connectivity index (χ0n) is 11.6. The van der Waals surface area contributed by atoms with E-state index in [-0.39, 0.29) is 34.1 Å². The van der Waals surface area contributed by atoms with Gasteiger partial charge >= 0.3 is 0 Å². The Balaban J connectivity index is 2.09. The number of aromatic hydroxyl groups is 3. The molecule has 1 amide bonds. The molecule has 22 heavy (non-hydrogen) atoms. The average molecular weight is 302 g/mol. The lowest BCUT2D eigenvalue weighted by molar-refractivity contribution is 0.0954. The summed E-state index contributed by atoms with van der Waals surface area (Å²) >= 11 is 0. The van der Waals surface area contributed by atoms with E-state index < -0.39 is 5.91 Å². The number of rotatable bonds is 4. The second kappa shape index (κ2) is 6.49. The lowest BCUT2D eigenvalue weighted by Crippen LogP contribution is -2.17. The van der Waals surface area contributed by atoms with Gasteiger partial charge in [-0.1, -0.05) is 0 Å². The average Bonchev–Trinajstić information content (AvgIpc) is 2.51. The fraction of sp³-hybridized carbons (Fsp3) is 0.0667. The Kier molecular flexibility index (Phi) is 4.47. The number of hydrogen-bond donors (Lipinski definition) is 4. The third kappa shape index (κ3) is 3.45. The fourth-order valence-electron chi connectivity index (χ4n) is 1.69. The van der Waals surface area contributed by atoms with E-state index in [0.717, 1.165) is 0 Å². The number of amides is 1. The Morgan fingerprint density at radius 1 is 1.14 bits per heavy atom. The number of nitrogens with one attached hydrogen (secondary N) is 1. The molecular weight excluding hydrogens is 288 g/mol. The zero-order valence-corrected chi connectivity index (χ0v) is 11.6. The van der Waals surface area contributed by atoms with Crippen LogP contribution in [0, 0.1) is 0 Å². The summed E-state index contributed by atoms with van der Waals surface area (Å²) in [4.78, 5) is 11.9. The van der Waals surface area contributed by atoms with Crippen molar-refractivity contribution in [2.75, 3.05) is 7.11 Å². The van der Waals surface area contributed by atoms with Crippen LogP contribution in [-0.4, -0.2) is 34.6 Å². The molecule has 0 aliphatic heterocycles. The second-order valence-corrected chi connectivity index (χ2v) is 4.33. The van der Waals surface area contributed by atoms with Crippen molar-refractivity contribution in [2.24, 2.45) is 5.10 Å². The molecule has 0 fully saturated rings. The number of benzene rings is 2. The Labute approximate surface area is 126 Å². The molecule has 4 N–H and O–H groups in total. The minimum absolute atomic E-state index is 0.0335. The van der Waals surface area contributed by atoms with E-state index in [2.05, 4.69) is 10.5 Å². The number of nitrogens with zero attached hydrogens (tertiary/aromatic N) is 1. The van der Waals surface area contributed by atoms with Gasteiger partial charge in [0.25, 0.3) is 5.91 Å². The van der Waals surface area contributed by atoms with Gasteiger partial charge < -0.3 is 20.1 Å². The van der Waals surface area contributed by atoms with Gasteiger partial charge in [-0.2, -0.15) is 5.10 Å². The monoisotopic (exact) mass is 302 g/mol. The Bertz CT molecular complexity index is 728. The van der Waals surface area contributed by atoms with Crippen LogP contribution < -0.4 is 10.2 Å². The van der Waals surface area contributed by atoms with Crippen LogP contribution >= 0.6 is 0 Å². The summed E-state index contributed by atoms with van der Waals surface area (Å²) in [7, 11) is 1.37. The molecule has 7 heteroatoms. The van der Waals surface area contributed by atoms with E-state index in [1.54, 1.807) is 0 Å². The molecule has 0 aromatic heterocycles. The van der Waals surface area contributed by atoms with Crippen molar-refractivity contribution in [1.29, 1.82) is 0 Å². The molecule has 0 unspecified atom stereocenters. The first kappa shape index (κ1) is 15.2. The number of hydrazone groups is 1. The summed E-state index contributed by atoms with van der Waals surface area (Å²) in [5.41, 5.74) is 2.76. The van der Waals surface area contributed by atoms with E-state index in [0.29, 0.717) is 0 Å². The molecule has 0 aliphatic rings. The summed E-state index contributed by atoms with van der Waals surface area (Å²) < 4.78 is 4.91. The summed E-state index contributed by atoms with van der Waals surface area (Å²) in [6.45, 7) is 0. The molecule has 0 aliphatic carbocycles. The number of hydrogen-bond acceptors (Lipinski definition) is 6. The minimum atomic E-state index is -0.519. The highest BCUT2D eigenvalue weighted by molar-refractivity contribution is 5.95. The van der Waals surface area contributed by atoms with Crippen LogP contribution in [0.4, 0.5) is 0 Å². The molecule has 0 radical (unpaired) electrons. The molecule has 0 spiro atoms. The van der Waals surface area contributed by atoms with E-state index in [9.17, 15) is 20.1 Å². The van der Waals surface area contributed by atoms with Gasteiger partial charge in [-0.05, 0) is 36.4 Å². The normalized spacial score (nSPS) is 10.6. The van der Waals surface area contributed by atoms with Crippen molar-refractivity contribution in [3.8, 4) is 23.0 Å². The number of phenols is 3. The lowest BCUT2D eigenvalue weighted by Gasteiger charge is -2.05. The maximum Gasteiger partial charge on any atom is 0.271 e. The number of phenolic OH excluding ortho intramolecular Hbond substituents is 3. The van der Waals surface area contributed by atoms with Crippen molar-refractivity contribution in [2.45, 2.75) is 0 Å². The smallest absolute Gasteiger partial charge is 0.271 e. The van der Waals surface area contributed by atoms with Crippen molar-refractivity contribution in [3.05, 3.63) is 47.5 Å². The molecule has 0 heterocycles. The summed E-state index contributed by atoms with van der Waals surface area (Å²) in [6.07, 6.45) is 1.20. The topological polar surface area (TPSA) is 111 Å². The van der Waals surface area contributed by atoms with Crippen molar-refractivity contribution in [1.82, 2.24) is 5.43 Å². The van der Waals surface area contributed by atoms with E-state index in [1.165, 1.54) is 49.7 Å². The molecule has 0 saturated heterocycles.